The molecular weight excluding hydrogens is 224 g/mol. The zero-order valence-corrected chi connectivity index (χ0v) is 8.83. The molecular formula is C10H10N4O3. The predicted octanol–water partition coefficient (Wildman–Crippen LogP) is -0.577. The van der Waals surface area contributed by atoms with Crippen LogP contribution in [0.25, 0.3) is 10.9 Å². The molecule has 0 amide bonds. The fraction of sp³-hybridized carbons (Fsp3) is 0.200. The largest absolute Gasteiger partial charge is 0.480 e. The fourth-order valence-corrected chi connectivity index (χ4v) is 1.40. The highest BCUT2D eigenvalue weighted by Crippen LogP contribution is 2.02. The van der Waals surface area contributed by atoms with Gasteiger partial charge in [-0.25, -0.2) is 0 Å². The number of aliphatic carboxylic acids is 1. The molecule has 7 heteroatoms. The summed E-state index contributed by atoms with van der Waals surface area (Å²) in [6, 6.07) is 6.85. The Labute approximate surface area is 95.7 Å². The van der Waals surface area contributed by atoms with Gasteiger partial charge in [-0.3, -0.25) is 14.9 Å². The van der Waals surface area contributed by atoms with Gasteiger partial charge in [0.1, 0.15) is 5.52 Å². The normalized spacial score (nSPS) is 10.6. The second-order valence-corrected chi connectivity index (χ2v) is 3.39. The predicted molar refractivity (Wildman–Crippen MR) is 59.4 cm³/mol. The molecule has 0 atom stereocenters. The van der Waals surface area contributed by atoms with Gasteiger partial charge in [-0.15, -0.1) is 5.10 Å². The summed E-state index contributed by atoms with van der Waals surface area (Å²) in [5.74, 6) is -0.994. The minimum atomic E-state index is -0.994. The monoisotopic (exact) mass is 234 g/mol. The minimum absolute atomic E-state index is 0.0168. The molecule has 2 rings (SSSR count). The summed E-state index contributed by atoms with van der Waals surface area (Å²) in [4.78, 5) is 22.2. The number of nitrogens with one attached hydrogen (secondary N) is 1. The highest BCUT2D eigenvalue weighted by Gasteiger charge is 2.04. The van der Waals surface area contributed by atoms with Crippen LogP contribution < -0.4 is 10.9 Å². The molecule has 1 aromatic heterocycles. The van der Waals surface area contributed by atoms with Crippen LogP contribution >= 0.6 is 0 Å². The van der Waals surface area contributed by atoms with Gasteiger partial charge in [0.2, 0.25) is 0 Å². The number of fused-ring (bicyclic) bond motifs is 1. The molecule has 0 aliphatic heterocycles. The molecule has 0 fully saturated rings. The van der Waals surface area contributed by atoms with Crippen LogP contribution in [0.2, 0.25) is 0 Å². The van der Waals surface area contributed by atoms with Crippen molar-refractivity contribution < 1.29 is 9.90 Å². The third-order valence-electron chi connectivity index (χ3n) is 2.17. The third-order valence-corrected chi connectivity index (χ3v) is 2.17. The van der Waals surface area contributed by atoms with Gasteiger partial charge in [-0.2, -0.15) is 4.68 Å². The minimum Gasteiger partial charge on any atom is -0.480 e. The van der Waals surface area contributed by atoms with Gasteiger partial charge in [0, 0.05) is 0 Å². The Balaban J connectivity index is 2.27. The maximum absolute atomic E-state index is 11.9. The molecule has 7 nitrogen and oxygen atoms in total. The van der Waals surface area contributed by atoms with E-state index in [4.69, 9.17) is 5.11 Å². The number of carboxylic acids is 1. The quantitative estimate of drug-likeness (QED) is 0.734. The second kappa shape index (κ2) is 4.71. The highest BCUT2D eigenvalue weighted by molar-refractivity contribution is 5.76. The van der Waals surface area contributed by atoms with Gasteiger partial charge < -0.3 is 5.11 Å². The van der Waals surface area contributed by atoms with Gasteiger partial charge in [0.05, 0.1) is 18.6 Å². The van der Waals surface area contributed by atoms with Crippen molar-refractivity contribution in [3.63, 3.8) is 0 Å². The number of hydrogen-bond donors (Lipinski definition) is 2. The molecule has 0 radical (unpaired) electrons. The van der Waals surface area contributed by atoms with Crippen LogP contribution in [-0.4, -0.2) is 32.6 Å². The number of nitrogens with zero attached hydrogens (tertiary/aromatic N) is 3. The van der Waals surface area contributed by atoms with Crippen molar-refractivity contribution in [3.8, 4) is 0 Å². The van der Waals surface area contributed by atoms with E-state index in [2.05, 4.69) is 15.6 Å². The number of hydrogen-bond acceptors (Lipinski definition) is 5. The topological polar surface area (TPSA) is 97.1 Å². The Kier molecular flexibility index (Phi) is 3.10. The van der Waals surface area contributed by atoms with Gasteiger partial charge in [-0.1, -0.05) is 17.3 Å². The molecule has 17 heavy (non-hydrogen) atoms. The Morgan fingerprint density at radius 3 is 2.94 bits per heavy atom. The van der Waals surface area contributed by atoms with E-state index in [9.17, 15) is 9.59 Å². The van der Waals surface area contributed by atoms with Gasteiger partial charge in [0.15, 0.2) is 0 Å². The zero-order valence-electron chi connectivity index (χ0n) is 8.83. The molecule has 2 N–H and O–H groups in total. The molecule has 1 heterocycles. The zero-order chi connectivity index (χ0) is 12.3. The molecule has 88 valence electrons. The average molecular weight is 234 g/mol. The van der Waals surface area contributed by atoms with Crippen molar-refractivity contribution in [2.75, 3.05) is 6.54 Å². The Hall–Kier alpha value is -2.28. The van der Waals surface area contributed by atoms with Crippen LogP contribution in [-0.2, 0) is 11.5 Å². The smallest absolute Gasteiger partial charge is 0.317 e. The summed E-state index contributed by atoms with van der Waals surface area (Å²) in [5, 5.41) is 19.0. The first kappa shape index (κ1) is 11.2. The first-order chi connectivity index (χ1) is 8.18. The Bertz CT molecular complexity index is 608. The summed E-state index contributed by atoms with van der Waals surface area (Å²) in [6.45, 7) is -0.218. The van der Waals surface area contributed by atoms with Crippen molar-refractivity contribution >= 4 is 16.9 Å². The third kappa shape index (κ3) is 2.45. The number of carboxylic acid groups (broad SMARTS) is 1. The molecule has 0 saturated heterocycles. The highest BCUT2D eigenvalue weighted by atomic mass is 16.4. The fourth-order valence-electron chi connectivity index (χ4n) is 1.40. The number of aromatic nitrogens is 3. The molecule has 0 bridgehead atoms. The van der Waals surface area contributed by atoms with E-state index >= 15 is 0 Å². The number of rotatable bonds is 4. The molecule has 0 unspecified atom stereocenters. The van der Waals surface area contributed by atoms with Crippen molar-refractivity contribution in [2.24, 2.45) is 0 Å². The van der Waals surface area contributed by atoms with Crippen LogP contribution in [0.3, 0.4) is 0 Å². The van der Waals surface area contributed by atoms with Crippen molar-refractivity contribution in [3.05, 3.63) is 34.6 Å². The summed E-state index contributed by atoms with van der Waals surface area (Å²) >= 11 is 0. The molecule has 0 spiro atoms. The molecule has 1 aromatic carbocycles. The lowest BCUT2D eigenvalue weighted by Crippen LogP contribution is -2.33. The maximum atomic E-state index is 11.9. The van der Waals surface area contributed by atoms with E-state index in [1.807, 2.05) is 0 Å². The van der Waals surface area contributed by atoms with E-state index in [0.29, 0.717) is 10.9 Å². The summed E-state index contributed by atoms with van der Waals surface area (Å²) in [6.07, 6.45) is 0. The second-order valence-electron chi connectivity index (χ2n) is 3.39. The number of benzene rings is 1. The lowest BCUT2D eigenvalue weighted by atomic mass is 10.2. The lowest BCUT2D eigenvalue weighted by Gasteiger charge is -2.04. The summed E-state index contributed by atoms with van der Waals surface area (Å²) in [7, 11) is 0. The molecule has 0 aliphatic carbocycles. The van der Waals surface area contributed by atoms with E-state index in [1.165, 1.54) is 0 Å². The van der Waals surface area contributed by atoms with Crippen molar-refractivity contribution in [2.45, 2.75) is 6.67 Å². The van der Waals surface area contributed by atoms with Gasteiger partial charge in [-0.05, 0) is 12.1 Å². The van der Waals surface area contributed by atoms with E-state index in [-0.39, 0.29) is 18.8 Å². The van der Waals surface area contributed by atoms with Crippen molar-refractivity contribution in [1.29, 1.82) is 0 Å². The van der Waals surface area contributed by atoms with Crippen LogP contribution in [0, 0.1) is 0 Å². The number of carbonyl (C=O) groups is 1. The first-order valence-electron chi connectivity index (χ1n) is 4.93. The van der Waals surface area contributed by atoms with E-state index in [1.54, 1.807) is 24.3 Å². The maximum Gasteiger partial charge on any atom is 0.317 e. The van der Waals surface area contributed by atoms with E-state index in [0.717, 1.165) is 4.68 Å². The SMILES string of the molecule is O=C(O)CNCn1nnc2ccccc2c1=O. The Morgan fingerprint density at radius 2 is 2.18 bits per heavy atom. The van der Waals surface area contributed by atoms with Gasteiger partial charge >= 0.3 is 5.97 Å². The average Bonchev–Trinajstić information content (AvgIpc) is 2.32. The van der Waals surface area contributed by atoms with E-state index < -0.39 is 5.97 Å². The summed E-state index contributed by atoms with van der Waals surface area (Å²) < 4.78 is 1.09. The molecule has 2 aromatic rings. The Morgan fingerprint density at radius 1 is 1.41 bits per heavy atom. The van der Waals surface area contributed by atoms with Crippen LogP contribution in [0.4, 0.5) is 0 Å². The van der Waals surface area contributed by atoms with Gasteiger partial charge in [0.25, 0.3) is 5.56 Å². The van der Waals surface area contributed by atoms with Crippen LogP contribution in [0.5, 0.6) is 0 Å². The molecule has 0 saturated carbocycles. The first-order valence-corrected chi connectivity index (χ1v) is 4.93. The van der Waals surface area contributed by atoms with Crippen LogP contribution in [0.15, 0.2) is 29.1 Å². The standard InChI is InChI=1S/C10H10N4O3/c15-9(16)5-11-6-14-10(17)7-3-1-2-4-8(7)12-13-14/h1-4,11H,5-6H2,(H,15,16). The summed E-state index contributed by atoms with van der Waals surface area (Å²) in [5.41, 5.74) is 0.223. The van der Waals surface area contributed by atoms with Crippen molar-refractivity contribution in [1.82, 2.24) is 20.3 Å². The van der Waals surface area contributed by atoms with Crippen LogP contribution in [0.1, 0.15) is 0 Å². The molecule has 0 aliphatic rings. The lowest BCUT2D eigenvalue weighted by molar-refractivity contribution is -0.136.